The molecule has 0 spiro atoms. The van der Waals surface area contributed by atoms with Crippen LogP contribution in [-0.2, 0) is 5.41 Å². The van der Waals surface area contributed by atoms with Crippen molar-refractivity contribution < 1.29 is 0 Å². The van der Waals surface area contributed by atoms with E-state index >= 15 is 0 Å². The van der Waals surface area contributed by atoms with Gasteiger partial charge in [0.25, 0.3) is 0 Å². The fourth-order valence-corrected chi connectivity index (χ4v) is 8.03. The third-order valence-corrected chi connectivity index (χ3v) is 11.3. The quantitative estimate of drug-likeness (QED) is 0.162. The van der Waals surface area contributed by atoms with Crippen LogP contribution < -0.4 is 0 Å². The highest BCUT2D eigenvalue weighted by Gasteiger charge is 2.39. The topological polar surface area (TPSA) is 0 Å². The van der Waals surface area contributed by atoms with Crippen LogP contribution in [0.1, 0.15) is 80.7 Å². The minimum absolute atomic E-state index is 0.113. The summed E-state index contributed by atoms with van der Waals surface area (Å²) in [5.41, 5.74) is 15.3. The molecule has 0 saturated carbocycles. The maximum absolute atomic E-state index is 2.46. The average molecular weight is 689 g/mol. The van der Waals surface area contributed by atoms with Crippen LogP contribution in [0.15, 0.2) is 169 Å². The lowest BCUT2D eigenvalue weighted by Gasteiger charge is -2.24. The van der Waals surface area contributed by atoms with Crippen molar-refractivity contribution in [2.24, 2.45) is 0 Å². The van der Waals surface area contributed by atoms with Crippen molar-refractivity contribution >= 4 is 27.1 Å². The van der Waals surface area contributed by atoms with Gasteiger partial charge in [0.2, 0.25) is 0 Å². The van der Waals surface area contributed by atoms with Crippen molar-refractivity contribution in [3.8, 4) is 22.3 Å². The van der Waals surface area contributed by atoms with Gasteiger partial charge in [0, 0.05) is 5.41 Å². The first-order chi connectivity index (χ1) is 25.7. The van der Waals surface area contributed by atoms with Gasteiger partial charge in [-0.05, 0) is 122 Å². The Bertz CT molecular complexity index is 2400. The van der Waals surface area contributed by atoms with Crippen molar-refractivity contribution in [3.63, 3.8) is 0 Å². The Morgan fingerprint density at radius 1 is 0.547 bits per heavy atom. The van der Waals surface area contributed by atoms with Crippen LogP contribution in [-0.4, -0.2) is 0 Å². The highest BCUT2D eigenvalue weighted by Crippen LogP contribution is 2.52. The van der Waals surface area contributed by atoms with Gasteiger partial charge < -0.3 is 0 Å². The standard InChI is InChI=1S/C28H26.C15H12.C10H14/c1-19-17-27-25(23-11-7-8-12-26(23)28(27,2)3)18-24(19)22-15-13-21(14-16-22)20-9-5-4-6-10-20;1-11-6-7-13-9-8-12-4-2-3-5-14(12)15(13)10-11;1-3-9(2)10-7-5-4-6-8-10/h4-6,9-18H,7-8H2,1-3H3;2-10H,1H3;4-9H,3H2,1-2H3. The van der Waals surface area contributed by atoms with Gasteiger partial charge in [-0.3, -0.25) is 0 Å². The molecule has 1 unspecified atom stereocenters. The number of allylic oxidation sites excluding steroid dienone is 4. The third-order valence-electron chi connectivity index (χ3n) is 11.3. The Kier molecular flexibility index (Phi) is 10.6. The second kappa shape index (κ2) is 15.6. The Balaban J connectivity index is 0.000000145. The Labute approximate surface area is 317 Å². The van der Waals surface area contributed by atoms with E-state index in [1.165, 1.54) is 95.6 Å². The number of hydrogen-bond acceptors (Lipinski definition) is 0. The molecule has 7 aromatic carbocycles. The van der Waals surface area contributed by atoms with Crippen LogP contribution in [0.5, 0.6) is 0 Å². The number of hydrogen-bond donors (Lipinski definition) is 0. The van der Waals surface area contributed by atoms with E-state index in [0.717, 1.165) is 6.42 Å². The first kappa shape index (κ1) is 35.9. The van der Waals surface area contributed by atoms with E-state index < -0.39 is 0 Å². The molecule has 0 heteroatoms. The zero-order chi connectivity index (χ0) is 37.0. The predicted molar refractivity (Wildman–Crippen MR) is 232 cm³/mol. The molecule has 0 saturated heterocycles. The first-order valence-corrected chi connectivity index (χ1v) is 19.4. The first-order valence-electron chi connectivity index (χ1n) is 19.4. The van der Waals surface area contributed by atoms with Crippen molar-refractivity contribution in [1.82, 2.24) is 0 Å². The Hall–Kier alpha value is -5.46. The second-order valence-electron chi connectivity index (χ2n) is 15.3. The van der Waals surface area contributed by atoms with Gasteiger partial charge in [0.1, 0.15) is 0 Å². The lowest BCUT2D eigenvalue weighted by molar-refractivity contribution is 0.654. The average Bonchev–Trinajstić information content (AvgIpc) is 3.43. The molecule has 7 aromatic rings. The zero-order valence-electron chi connectivity index (χ0n) is 32.3. The van der Waals surface area contributed by atoms with E-state index in [1.807, 2.05) is 0 Å². The third kappa shape index (κ3) is 7.56. The van der Waals surface area contributed by atoms with E-state index in [0.29, 0.717) is 5.92 Å². The van der Waals surface area contributed by atoms with Crippen LogP contribution in [0.25, 0.3) is 49.4 Å². The van der Waals surface area contributed by atoms with Gasteiger partial charge in [-0.15, -0.1) is 0 Å². The molecule has 0 N–H and O–H groups in total. The van der Waals surface area contributed by atoms with Crippen LogP contribution in [0.3, 0.4) is 0 Å². The molecule has 264 valence electrons. The summed E-state index contributed by atoms with van der Waals surface area (Å²) < 4.78 is 0. The molecule has 2 aliphatic carbocycles. The monoisotopic (exact) mass is 688 g/mol. The summed E-state index contributed by atoms with van der Waals surface area (Å²) in [6.07, 6.45) is 8.45. The summed E-state index contributed by atoms with van der Waals surface area (Å²) in [6, 6.07) is 54.6. The van der Waals surface area contributed by atoms with E-state index in [2.05, 4.69) is 205 Å². The van der Waals surface area contributed by atoms with Gasteiger partial charge in [-0.25, -0.2) is 0 Å². The summed E-state index contributed by atoms with van der Waals surface area (Å²) in [7, 11) is 0. The Morgan fingerprint density at radius 3 is 1.85 bits per heavy atom. The van der Waals surface area contributed by atoms with Crippen molar-refractivity contribution in [2.75, 3.05) is 0 Å². The highest BCUT2D eigenvalue weighted by molar-refractivity contribution is 6.07. The molecule has 2 aliphatic rings. The van der Waals surface area contributed by atoms with E-state index in [-0.39, 0.29) is 5.41 Å². The van der Waals surface area contributed by atoms with Crippen LogP contribution in [0, 0.1) is 13.8 Å². The van der Waals surface area contributed by atoms with Gasteiger partial charge in [0.05, 0.1) is 0 Å². The summed E-state index contributed by atoms with van der Waals surface area (Å²) >= 11 is 0. The number of benzene rings is 7. The van der Waals surface area contributed by atoms with Gasteiger partial charge in [-0.1, -0.05) is 191 Å². The smallest absolute Gasteiger partial charge is 0.0155 e. The molecule has 0 heterocycles. The summed E-state index contributed by atoms with van der Waals surface area (Å²) in [5, 5.41) is 5.33. The molecule has 0 aliphatic heterocycles. The van der Waals surface area contributed by atoms with Crippen LogP contribution in [0.2, 0.25) is 0 Å². The summed E-state index contributed by atoms with van der Waals surface area (Å²) in [5.74, 6) is 0.709. The molecule has 1 atom stereocenters. The minimum atomic E-state index is 0.113. The maximum atomic E-state index is 2.46. The number of aryl methyl sites for hydroxylation is 2. The van der Waals surface area contributed by atoms with Crippen LogP contribution >= 0.6 is 0 Å². The molecular weight excluding hydrogens is 637 g/mol. The number of fused-ring (bicyclic) bond motifs is 6. The molecule has 53 heavy (non-hydrogen) atoms. The fourth-order valence-electron chi connectivity index (χ4n) is 8.03. The van der Waals surface area contributed by atoms with Crippen LogP contribution in [0.4, 0.5) is 0 Å². The minimum Gasteiger partial charge on any atom is -0.0795 e. The summed E-state index contributed by atoms with van der Waals surface area (Å²) in [4.78, 5) is 0. The molecule has 0 radical (unpaired) electrons. The van der Waals surface area contributed by atoms with E-state index in [4.69, 9.17) is 0 Å². The van der Waals surface area contributed by atoms with Crippen molar-refractivity contribution in [2.45, 2.75) is 72.1 Å². The summed E-state index contributed by atoms with van der Waals surface area (Å²) in [6.45, 7) is 13.6. The predicted octanol–water partition coefficient (Wildman–Crippen LogP) is 15.2. The number of rotatable bonds is 4. The highest BCUT2D eigenvalue weighted by atomic mass is 14.4. The van der Waals surface area contributed by atoms with Crippen molar-refractivity contribution in [1.29, 1.82) is 0 Å². The van der Waals surface area contributed by atoms with Gasteiger partial charge in [0.15, 0.2) is 0 Å². The molecule has 0 aromatic heterocycles. The molecule has 0 amide bonds. The molecule has 0 fully saturated rings. The molecule has 9 rings (SSSR count). The SMILES string of the molecule is CCC(C)c1ccccc1.Cc1cc2c(cc1-c1ccc(-c3ccccc3)cc1)C1=CCCC=C1C2(C)C.Cc1ccc2ccc3ccccc3c2c1. The zero-order valence-corrected chi connectivity index (χ0v) is 32.3. The molecular formula is C53H52. The second-order valence-corrected chi connectivity index (χ2v) is 15.3. The lowest BCUT2D eigenvalue weighted by atomic mass is 9.80. The maximum Gasteiger partial charge on any atom is 0.0155 e. The normalized spacial score (nSPS) is 14.5. The van der Waals surface area contributed by atoms with E-state index in [9.17, 15) is 0 Å². The van der Waals surface area contributed by atoms with Gasteiger partial charge >= 0.3 is 0 Å². The van der Waals surface area contributed by atoms with Gasteiger partial charge in [-0.2, -0.15) is 0 Å². The van der Waals surface area contributed by atoms with E-state index in [1.54, 1.807) is 0 Å². The molecule has 0 nitrogen and oxygen atoms in total. The largest absolute Gasteiger partial charge is 0.0795 e. The molecule has 0 bridgehead atoms. The fraction of sp³-hybridized carbons (Fsp3) is 0.208. The lowest BCUT2D eigenvalue weighted by Crippen LogP contribution is -2.16. The Morgan fingerprint density at radius 2 is 1.13 bits per heavy atom. The van der Waals surface area contributed by atoms with Crippen molar-refractivity contribution in [3.05, 3.63) is 197 Å².